The van der Waals surface area contributed by atoms with Crippen molar-refractivity contribution in [1.29, 1.82) is 0 Å². The molecule has 0 aliphatic heterocycles. The maximum atomic E-state index is 12.5. The van der Waals surface area contributed by atoms with E-state index in [-0.39, 0.29) is 24.4 Å². The minimum Gasteiger partial charge on any atom is -0.495 e. The number of hydrogen-bond acceptors (Lipinski definition) is 4. The minimum absolute atomic E-state index is 0.0925. The van der Waals surface area contributed by atoms with Gasteiger partial charge in [-0.15, -0.1) is 0 Å². The Hall–Kier alpha value is -3.16. The van der Waals surface area contributed by atoms with E-state index in [1.165, 1.54) is 0 Å². The van der Waals surface area contributed by atoms with Crippen molar-refractivity contribution in [3.63, 3.8) is 0 Å². The first-order valence-electron chi connectivity index (χ1n) is 10.3. The van der Waals surface area contributed by atoms with E-state index < -0.39 is 0 Å². The van der Waals surface area contributed by atoms with Crippen molar-refractivity contribution in [3.8, 4) is 5.75 Å². The number of ether oxygens (including phenoxy) is 1. The fraction of sp³-hybridized carbons (Fsp3) is 0.200. The molecule has 0 fully saturated rings. The first-order valence-corrected chi connectivity index (χ1v) is 11.1. The van der Waals surface area contributed by atoms with Gasteiger partial charge in [-0.25, -0.2) is 0 Å². The lowest BCUT2D eigenvalue weighted by Crippen LogP contribution is -2.31. The van der Waals surface area contributed by atoms with Crippen LogP contribution < -0.4 is 20.7 Å². The number of halogens is 1. The highest BCUT2D eigenvalue weighted by Crippen LogP contribution is 2.24. The summed E-state index contributed by atoms with van der Waals surface area (Å²) < 4.78 is 6.28. The molecule has 3 aromatic carbocycles. The topological polar surface area (TPSA) is 79.5 Å². The van der Waals surface area contributed by atoms with Crippen LogP contribution in [0.25, 0.3) is 0 Å². The Kier molecular flexibility index (Phi) is 8.41. The second-order valence-electron chi connectivity index (χ2n) is 7.17. The van der Waals surface area contributed by atoms with Crippen molar-refractivity contribution in [1.82, 2.24) is 5.32 Å². The third-order valence-electron chi connectivity index (χ3n) is 4.98. The number of rotatable bonds is 9. The number of amides is 2. The molecule has 3 N–H and O–H groups in total. The molecule has 0 heterocycles. The molecule has 0 saturated heterocycles. The third-order valence-corrected chi connectivity index (χ3v) is 5.50. The van der Waals surface area contributed by atoms with Crippen LogP contribution >= 0.6 is 15.9 Å². The smallest absolute Gasteiger partial charge is 0.255 e. The summed E-state index contributed by atoms with van der Waals surface area (Å²) >= 11 is 3.44. The van der Waals surface area contributed by atoms with E-state index >= 15 is 0 Å². The van der Waals surface area contributed by atoms with E-state index in [0.717, 1.165) is 16.5 Å². The Balaban J connectivity index is 1.53. The summed E-state index contributed by atoms with van der Waals surface area (Å²) in [6.45, 7) is 2.26. The van der Waals surface area contributed by atoms with E-state index in [4.69, 9.17) is 4.74 Å². The van der Waals surface area contributed by atoms with Crippen molar-refractivity contribution >= 4 is 39.1 Å². The van der Waals surface area contributed by atoms with E-state index in [2.05, 4.69) is 38.8 Å². The summed E-state index contributed by atoms with van der Waals surface area (Å²) in [5.74, 6) is 0.187. The first-order chi connectivity index (χ1) is 15.5. The predicted molar refractivity (Wildman–Crippen MR) is 131 cm³/mol. The number of anilines is 2. The molecule has 0 saturated carbocycles. The molecular formula is C25H26BrN3O3. The van der Waals surface area contributed by atoms with Gasteiger partial charge in [-0.1, -0.05) is 47.1 Å². The lowest BCUT2D eigenvalue weighted by atomic mass is 10.0. The molecule has 166 valence electrons. The molecule has 2 amide bonds. The van der Waals surface area contributed by atoms with Crippen molar-refractivity contribution < 1.29 is 14.3 Å². The van der Waals surface area contributed by atoms with Gasteiger partial charge >= 0.3 is 0 Å². The van der Waals surface area contributed by atoms with Gasteiger partial charge in [0.2, 0.25) is 5.91 Å². The van der Waals surface area contributed by atoms with Crippen LogP contribution in [-0.4, -0.2) is 25.5 Å². The zero-order valence-electron chi connectivity index (χ0n) is 18.0. The fourth-order valence-electron chi connectivity index (χ4n) is 3.26. The normalized spacial score (nSPS) is 11.5. The summed E-state index contributed by atoms with van der Waals surface area (Å²) in [5.41, 5.74) is 2.84. The quantitative estimate of drug-likeness (QED) is 0.371. The van der Waals surface area contributed by atoms with Gasteiger partial charge in [-0.05, 0) is 60.5 Å². The van der Waals surface area contributed by atoms with Gasteiger partial charge in [0.25, 0.3) is 5.91 Å². The highest BCUT2D eigenvalue weighted by molar-refractivity contribution is 9.10. The molecule has 0 unspecified atom stereocenters. The average Bonchev–Trinajstić information content (AvgIpc) is 2.81. The van der Waals surface area contributed by atoms with Crippen LogP contribution in [0.15, 0.2) is 77.3 Å². The van der Waals surface area contributed by atoms with Crippen molar-refractivity contribution in [2.24, 2.45) is 0 Å². The number of methoxy groups -OCH3 is 1. The van der Waals surface area contributed by atoms with Crippen LogP contribution in [0.5, 0.6) is 5.75 Å². The van der Waals surface area contributed by atoms with Gasteiger partial charge in [-0.3, -0.25) is 9.59 Å². The third kappa shape index (κ3) is 6.42. The summed E-state index contributed by atoms with van der Waals surface area (Å²) in [7, 11) is 1.55. The molecule has 0 aliphatic rings. The molecule has 0 bridgehead atoms. The number of hydrogen-bond donors (Lipinski definition) is 3. The second-order valence-corrected chi connectivity index (χ2v) is 8.09. The zero-order chi connectivity index (χ0) is 22.9. The molecule has 0 aromatic heterocycles. The van der Waals surface area contributed by atoms with Gasteiger partial charge < -0.3 is 20.7 Å². The van der Waals surface area contributed by atoms with Crippen molar-refractivity contribution in [2.45, 2.75) is 19.4 Å². The van der Waals surface area contributed by atoms with E-state index in [1.54, 1.807) is 43.5 Å². The van der Waals surface area contributed by atoms with Crippen LogP contribution in [0.3, 0.4) is 0 Å². The highest BCUT2D eigenvalue weighted by Gasteiger charge is 2.12. The van der Waals surface area contributed by atoms with Gasteiger partial charge in [-0.2, -0.15) is 0 Å². The Labute approximate surface area is 196 Å². The molecule has 0 radical (unpaired) electrons. The summed E-state index contributed by atoms with van der Waals surface area (Å²) in [5, 5.41) is 8.98. The summed E-state index contributed by atoms with van der Waals surface area (Å²) in [6, 6.07) is 22.1. The predicted octanol–water partition coefficient (Wildman–Crippen LogP) is 5.39. The number of para-hydroxylation sites is 2. The molecule has 1 atom stereocenters. The van der Waals surface area contributed by atoms with E-state index in [0.29, 0.717) is 22.7 Å². The van der Waals surface area contributed by atoms with Gasteiger partial charge in [0.05, 0.1) is 19.3 Å². The van der Waals surface area contributed by atoms with Gasteiger partial charge in [0, 0.05) is 21.8 Å². The zero-order valence-corrected chi connectivity index (χ0v) is 19.6. The molecule has 0 aliphatic carbocycles. The Morgan fingerprint density at radius 2 is 1.62 bits per heavy atom. The Morgan fingerprint density at radius 3 is 2.28 bits per heavy atom. The molecule has 32 heavy (non-hydrogen) atoms. The van der Waals surface area contributed by atoms with E-state index in [9.17, 15) is 9.59 Å². The van der Waals surface area contributed by atoms with Crippen LogP contribution in [-0.2, 0) is 4.79 Å². The second kappa shape index (κ2) is 11.5. The maximum Gasteiger partial charge on any atom is 0.255 e. The minimum atomic E-state index is -0.255. The molecule has 3 aromatic rings. The highest BCUT2D eigenvalue weighted by atomic mass is 79.9. The standard InChI is InChI=1S/C25H26BrN3O3/c1-3-21(17-8-12-19(26)13-9-17)27-16-24(30)28-20-14-10-18(11-15-20)25(31)29-22-6-4-5-7-23(22)32-2/h4-15,21,27H,3,16H2,1-2H3,(H,28,30)(H,29,31)/t21-/m0/s1. The Bertz CT molecular complexity index is 1050. The van der Waals surface area contributed by atoms with Crippen LogP contribution in [0.4, 0.5) is 11.4 Å². The van der Waals surface area contributed by atoms with Crippen LogP contribution in [0.1, 0.15) is 35.3 Å². The number of benzene rings is 3. The maximum absolute atomic E-state index is 12.5. The SMILES string of the molecule is CC[C@H](NCC(=O)Nc1ccc(C(=O)Nc2ccccc2OC)cc1)c1ccc(Br)cc1. The molecule has 6 nitrogen and oxygen atoms in total. The van der Waals surface area contributed by atoms with Crippen molar-refractivity contribution in [2.75, 3.05) is 24.3 Å². The van der Waals surface area contributed by atoms with Crippen molar-refractivity contribution in [3.05, 3.63) is 88.4 Å². The number of nitrogens with one attached hydrogen (secondary N) is 3. The van der Waals surface area contributed by atoms with Gasteiger partial charge in [0.1, 0.15) is 5.75 Å². The largest absolute Gasteiger partial charge is 0.495 e. The summed E-state index contributed by atoms with van der Waals surface area (Å²) in [4.78, 5) is 24.9. The molecular weight excluding hydrogens is 470 g/mol. The fourth-order valence-corrected chi connectivity index (χ4v) is 3.53. The lowest BCUT2D eigenvalue weighted by molar-refractivity contribution is -0.115. The number of carbonyl (C=O) groups is 2. The average molecular weight is 496 g/mol. The molecule has 3 rings (SSSR count). The van der Waals surface area contributed by atoms with E-state index in [1.807, 2.05) is 36.4 Å². The van der Waals surface area contributed by atoms with Crippen LogP contribution in [0.2, 0.25) is 0 Å². The molecule has 7 heteroatoms. The lowest BCUT2D eigenvalue weighted by Gasteiger charge is -2.17. The van der Waals surface area contributed by atoms with Gasteiger partial charge in [0.15, 0.2) is 0 Å². The van der Waals surface area contributed by atoms with Crippen LogP contribution in [0, 0.1) is 0 Å². The number of carbonyl (C=O) groups excluding carboxylic acids is 2. The summed E-state index contributed by atoms with van der Waals surface area (Å²) in [6.07, 6.45) is 0.866. The molecule has 0 spiro atoms. The monoisotopic (exact) mass is 495 g/mol. The Morgan fingerprint density at radius 1 is 0.938 bits per heavy atom. The first kappa shape index (κ1) is 23.5.